The van der Waals surface area contributed by atoms with Crippen LogP contribution in [0.1, 0.15) is 5.56 Å². The van der Waals surface area contributed by atoms with Gasteiger partial charge in [-0.1, -0.05) is 24.3 Å². The van der Waals surface area contributed by atoms with E-state index in [0.29, 0.717) is 17.0 Å². The molecule has 5 nitrogen and oxygen atoms in total. The van der Waals surface area contributed by atoms with E-state index in [-0.39, 0.29) is 12.3 Å². The number of hydrogen-bond donors (Lipinski definition) is 1. The number of nitrogens with zero attached hydrogens (tertiary/aromatic N) is 1. The van der Waals surface area contributed by atoms with E-state index < -0.39 is 4.92 Å². The second kappa shape index (κ2) is 5.18. The van der Waals surface area contributed by atoms with Gasteiger partial charge in [-0.15, -0.1) is 0 Å². The summed E-state index contributed by atoms with van der Waals surface area (Å²) >= 11 is 0. The molecule has 2 aromatic carbocycles. The molecule has 2 rings (SSSR count). The molecule has 0 unspecified atom stereocenters. The van der Waals surface area contributed by atoms with Gasteiger partial charge in [0.15, 0.2) is 0 Å². The van der Waals surface area contributed by atoms with Gasteiger partial charge < -0.3 is 10.5 Å². The van der Waals surface area contributed by atoms with E-state index in [1.807, 2.05) is 0 Å². The highest BCUT2D eigenvalue weighted by Gasteiger charge is 2.12. The van der Waals surface area contributed by atoms with E-state index >= 15 is 0 Å². The average Bonchev–Trinajstić information content (AvgIpc) is 2.38. The van der Waals surface area contributed by atoms with Crippen molar-refractivity contribution in [2.24, 2.45) is 0 Å². The average molecular weight is 244 g/mol. The van der Waals surface area contributed by atoms with Crippen LogP contribution < -0.4 is 10.5 Å². The molecule has 18 heavy (non-hydrogen) atoms. The van der Waals surface area contributed by atoms with Crippen molar-refractivity contribution in [3.05, 3.63) is 64.2 Å². The van der Waals surface area contributed by atoms with Crippen LogP contribution in [-0.4, -0.2) is 4.92 Å². The van der Waals surface area contributed by atoms with Crippen molar-refractivity contribution in [3.63, 3.8) is 0 Å². The summed E-state index contributed by atoms with van der Waals surface area (Å²) in [4.78, 5) is 10.4. The minimum Gasteiger partial charge on any atom is -0.486 e. The Morgan fingerprint density at radius 1 is 1.11 bits per heavy atom. The lowest BCUT2D eigenvalue weighted by Crippen LogP contribution is -2.01. The molecule has 5 heteroatoms. The van der Waals surface area contributed by atoms with Crippen LogP contribution in [0.5, 0.6) is 5.75 Å². The summed E-state index contributed by atoms with van der Waals surface area (Å²) in [6.07, 6.45) is 0. The molecule has 0 radical (unpaired) electrons. The van der Waals surface area contributed by atoms with Crippen LogP contribution in [0.3, 0.4) is 0 Å². The van der Waals surface area contributed by atoms with Gasteiger partial charge >= 0.3 is 0 Å². The molecule has 0 aliphatic rings. The molecule has 0 heterocycles. The van der Waals surface area contributed by atoms with Crippen molar-refractivity contribution < 1.29 is 9.66 Å². The first-order valence-electron chi connectivity index (χ1n) is 5.38. The number of para-hydroxylation sites is 3. The van der Waals surface area contributed by atoms with Crippen LogP contribution in [0.4, 0.5) is 11.4 Å². The van der Waals surface area contributed by atoms with Gasteiger partial charge in [0.2, 0.25) is 0 Å². The number of rotatable bonds is 4. The van der Waals surface area contributed by atoms with Crippen LogP contribution in [0, 0.1) is 10.1 Å². The number of nitrogen functional groups attached to an aromatic ring is 1. The van der Waals surface area contributed by atoms with Crippen molar-refractivity contribution in [2.75, 3.05) is 5.73 Å². The van der Waals surface area contributed by atoms with Gasteiger partial charge in [-0.05, 0) is 18.2 Å². The lowest BCUT2D eigenvalue weighted by atomic mass is 10.2. The Hall–Kier alpha value is -2.56. The van der Waals surface area contributed by atoms with E-state index in [9.17, 15) is 10.1 Å². The summed E-state index contributed by atoms with van der Waals surface area (Å²) < 4.78 is 5.48. The zero-order valence-electron chi connectivity index (χ0n) is 9.58. The van der Waals surface area contributed by atoms with Crippen molar-refractivity contribution in [1.29, 1.82) is 0 Å². The van der Waals surface area contributed by atoms with Crippen molar-refractivity contribution in [3.8, 4) is 5.75 Å². The molecule has 0 aliphatic heterocycles. The molecule has 0 spiro atoms. The van der Waals surface area contributed by atoms with Gasteiger partial charge in [0.25, 0.3) is 5.69 Å². The van der Waals surface area contributed by atoms with Gasteiger partial charge in [-0.2, -0.15) is 0 Å². The highest BCUT2D eigenvalue weighted by atomic mass is 16.6. The molecule has 0 amide bonds. The normalized spacial score (nSPS) is 10.0. The summed E-state index contributed by atoms with van der Waals surface area (Å²) in [5.74, 6) is 0.524. The first-order chi connectivity index (χ1) is 8.68. The Labute approximate surface area is 104 Å². The summed E-state index contributed by atoms with van der Waals surface area (Å²) in [5.41, 5.74) is 6.80. The third kappa shape index (κ3) is 2.57. The van der Waals surface area contributed by atoms with E-state index in [4.69, 9.17) is 10.5 Å². The number of nitro groups is 1. The van der Waals surface area contributed by atoms with E-state index in [2.05, 4.69) is 0 Å². The van der Waals surface area contributed by atoms with Crippen LogP contribution in [0.15, 0.2) is 48.5 Å². The van der Waals surface area contributed by atoms with Gasteiger partial charge in [0.1, 0.15) is 12.4 Å². The number of ether oxygens (including phenoxy) is 1. The maximum Gasteiger partial charge on any atom is 0.276 e. The third-order valence-corrected chi connectivity index (χ3v) is 2.49. The highest BCUT2D eigenvalue weighted by molar-refractivity contribution is 5.52. The van der Waals surface area contributed by atoms with Crippen LogP contribution in [0.2, 0.25) is 0 Å². The third-order valence-electron chi connectivity index (χ3n) is 2.49. The standard InChI is InChI=1S/C13H12N2O3/c14-11-6-2-4-8-13(11)18-9-10-5-1-3-7-12(10)15(16)17/h1-8H,9,14H2. The van der Waals surface area contributed by atoms with Gasteiger partial charge in [0, 0.05) is 6.07 Å². The number of benzene rings is 2. The summed E-state index contributed by atoms with van der Waals surface area (Å²) in [6.45, 7) is 0.116. The largest absolute Gasteiger partial charge is 0.486 e. The summed E-state index contributed by atoms with van der Waals surface area (Å²) in [5, 5.41) is 10.8. The van der Waals surface area contributed by atoms with Gasteiger partial charge in [-0.25, -0.2) is 0 Å². The second-order valence-electron chi connectivity index (χ2n) is 3.71. The number of hydrogen-bond acceptors (Lipinski definition) is 4. The molecule has 0 bridgehead atoms. The zero-order valence-corrected chi connectivity index (χ0v) is 9.58. The SMILES string of the molecule is Nc1ccccc1OCc1ccccc1[N+](=O)[O-]. The maximum absolute atomic E-state index is 10.8. The summed E-state index contributed by atoms with van der Waals surface area (Å²) in [7, 11) is 0. The lowest BCUT2D eigenvalue weighted by molar-refractivity contribution is -0.385. The quantitative estimate of drug-likeness (QED) is 0.509. The first kappa shape index (κ1) is 11.9. The number of nitro benzene ring substituents is 1. The summed E-state index contributed by atoms with van der Waals surface area (Å²) in [6, 6.07) is 13.5. The Morgan fingerprint density at radius 3 is 2.50 bits per heavy atom. The maximum atomic E-state index is 10.8. The zero-order chi connectivity index (χ0) is 13.0. The second-order valence-corrected chi connectivity index (χ2v) is 3.71. The Morgan fingerprint density at radius 2 is 1.78 bits per heavy atom. The Bertz CT molecular complexity index is 570. The Balaban J connectivity index is 2.16. The van der Waals surface area contributed by atoms with Crippen LogP contribution in [-0.2, 0) is 6.61 Å². The molecule has 0 aliphatic carbocycles. The minimum absolute atomic E-state index is 0.0482. The van der Waals surface area contributed by atoms with E-state index in [0.717, 1.165) is 0 Å². The van der Waals surface area contributed by atoms with Gasteiger partial charge in [-0.3, -0.25) is 10.1 Å². The molecule has 0 atom stereocenters. The molecular weight excluding hydrogens is 232 g/mol. The van der Waals surface area contributed by atoms with Crippen molar-refractivity contribution in [1.82, 2.24) is 0 Å². The molecule has 0 saturated carbocycles. The fourth-order valence-corrected chi connectivity index (χ4v) is 1.58. The lowest BCUT2D eigenvalue weighted by Gasteiger charge is -2.08. The molecule has 0 saturated heterocycles. The van der Waals surface area contributed by atoms with Crippen LogP contribution in [0.25, 0.3) is 0 Å². The fourth-order valence-electron chi connectivity index (χ4n) is 1.58. The number of anilines is 1. The topological polar surface area (TPSA) is 78.4 Å². The van der Waals surface area contributed by atoms with E-state index in [1.54, 1.807) is 42.5 Å². The monoisotopic (exact) mass is 244 g/mol. The number of nitrogens with two attached hydrogens (primary N) is 1. The molecule has 92 valence electrons. The molecule has 2 N–H and O–H groups in total. The first-order valence-corrected chi connectivity index (χ1v) is 5.38. The highest BCUT2D eigenvalue weighted by Crippen LogP contribution is 2.23. The Kier molecular flexibility index (Phi) is 3.43. The molecule has 0 aromatic heterocycles. The predicted octanol–water partition coefficient (Wildman–Crippen LogP) is 2.76. The smallest absolute Gasteiger partial charge is 0.276 e. The predicted molar refractivity (Wildman–Crippen MR) is 68.3 cm³/mol. The molecular formula is C13H12N2O3. The fraction of sp³-hybridized carbons (Fsp3) is 0.0769. The van der Waals surface area contributed by atoms with E-state index in [1.165, 1.54) is 6.07 Å². The molecule has 2 aromatic rings. The van der Waals surface area contributed by atoms with Crippen molar-refractivity contribution in [2.45, 2.75) is 6.61 Å². The minimum atomic E-state index is -0.424. The van der Waals surface area contributed by atoms with Gasteiger partial charge in [0.05, 0.1) is 16.2 Å². The van der Waals surface area contributed by atoms with Crippen molar-refractivity contribution >= 4 is 11.4 Å². The van der Waals surface area contributed by atoms with Crippen LogP contribution >= 0.6 is 0 Å². The molecule has 0 fully saturated rings.